The molecule has 0 spiro atoms. The van der Waals surface area contributed by atoms with Gasteiger partial charge in [-0.3, -0.25) is 0 Å². The van der Waals surface area contributed by atoms with E-state index in [1.807, 2.05) is 0 Å². The number of hydrogen-bond donors (Lipinski definition) is 1. The molecule has 2 aromatic rings. The van der Waals surface area contributed by atoms with Gasteiger partial charge in [-0.05, 0) is 18.6 Å². The van der Waals surface area contributed by atoms with Crippen molar-refractivity contribution in [1.82, 2.24) is 9.38 Å². The first-order chi connectivity index (χ1) is 8.40. The molecule has 0 aliphatic rings. The van der Waals surface area contributed by atoms with Crippen LogP contribution in [0.1, 0.15) is 12.5 Å². The van der Waals surface area contributed by atoms with Gasteiger partial charge in [0.25, 0.3) is 0 Å². The average Bonchev–Trinajstić information content (AvgIpc) is 2.68. The number of aromatic nitrogens is 2. The van der Waals surface area contributed by atoms with Crippen molar-refractivity contribution in [3.8, 4) is 0 Å². The minimum atomic E-state index is -4.45. The van der Waals surface area contributed by atoms with Gasteiger partial charge in [0, 0.05) is 6.20 Å². The average molecular weight is 257 g/mol. The van der Waals surface area contributed by atoms with Crippen LogP contribution in [0.3, 0.4) is 0 Å². The summed E-state index contributed by atoms with van der Waals surface area (Å²) < 4.78 is 38.5. The highest BCUT2D eigenvalue weighted by Gasteiger charge is 2.32. The number of pyridine rings is 1. The van der Waals surface area contributed by atoms with Crippen molar-refractivity contribution in [1.29, 1.82) is 0 Å². The van der Waals surface area contributed by atoms with E-state index in [0.717, 1.165) is 6.92 Å². The standard InChI is InChI=1S/C11H10F3N3O/c1-7(11(12,13)14)15-9-5-17-4-8(6-18)2-3-10(17)16-9/h2-5,18H,6H2,1H3. The minimum absolute atomic E-state index is 0.0140. The fourth-order valence-corrected chi connectivity index (χ4v) is 1.41. The van der Waals surface area contributed by atoms with E-state index in [1.165, 1.54) is 10.6 Å². The lowest BCUT2D eigenvalue weighted by Gasteiger charge is -2.02. The third-order valence-electron chi connectivity index (χ3n) is 2.37. The third-order valence-corrected chi connectivity index (χ3v) is 2.37. The fraction of sp³-hybridized carbons (Fsp3) is 0.273. The number of aliphatic hydroxyl groups is 1. The highest BCUT2D eigenvalue weighted by atomic mass is 19.4. The van der Waals surface area contributed by atoms with Gasteiger partial charge in [-0.2, -0.15) is 13.2 Å². The fourth-order valence-electron chi connectivity index (χ4n) is 1.41. The molecule has 0 radical (unpaired) electrons. The van der Waals surface area contributed by atoms with E-state index in [0.29, 0.717) is 11.2 Å². The number of hydrogen-bond acceptors (Lipinski definition) is 3. The Kier molecular flexibility index (Phi) is 3.08. The summed E-state index contributed by atoms with van der Waals surface area (Å²) in [4.78, 5) is 7.36. The van der Waals surface area contributed by atoms with Crippen LogP contribution in [0, 0.1) is 0 Å². The van der Waals surface area contributed by atoms with Gasteiger partial charge in [-0.25, -0.2) is 9.98 Å². The van der Waals surface area contributed by atoms with Crippen LogP contribution < -0.4 is 0 Å². The Morgan fingerprint density at radius 1 is 1.39 bits per heavy atom. The summed E-state index contributed by atoms with van der Waals surface area (Å²) in [6.45, 7) is 0.747. The van der Waals surface area contributed by atoms with E-state index in [4.69, 9.17) is 5.11 Å². The highest BCUT2D eigenvalue weighted by Crippen LogP contribution is 2.21. The molecule has 0 bridgehead atoms. The largest absolute Gasteiger partial charge is 0.429 e. The monoisotopic (exact) mass is 257 g/mol. The molecular weight excluding hydrogens is 247 g/mol. The Bertz CT molecular complexity index is 601. The number of aliphatic hydroxyl groups excluding tert-OH is 1. The summed E-state index contributed by atoms with van der Waals surface area (Å²) >= 11 is 0. The topological polar surface area (TPSA) is 49.9 Å². The summed E-state index contributed by atoms with van der Waals surface area (Å²) in [6.07, 6.45) is -1.49. The zero-order valence-corrected chi connectivity index (χ0v) is 9.44. The molecule has 0 atom stereocenters. The van der Waals surface area contributed by atoms with Crippen LogP contribution in [-0.2, 0) is 6.61 Å². The lowest BCUT2D eigenvalue weighted by molar-refractivity contribution is -0.0591. The van der Waals surface area contributed by atoms with Gasteiger partial charge in [-0.1, -0.05) is 6.07 Å². The third kappa shape index (κ3) is 2.51. The van der Waals surface area contributed by atoms with E-state index >= 15 is 0 Å². The summed E-state index contributed by atoms with van der Waals surface area (Å²) in [5.74, 6) is -0.0140. The number of alkyl halides is 3. The Morgan fingerprint density at radius 2 is 2.11 bits per heavy atom. The van der Waals surface area contributed by atoms with E-state index in [-0.39, 0.29) is 12.4 Å². The van der Waals surface area contributed by atoms with Crippen molar-refractivity contribution in [2.75, 3.05) is 0 Å². The lowest BCUT2D eigenvalue weighted by Crippen LogP contribution is -2.18. The molecular formula is C11H10F3N3O. The second kappa shape index (κ2) is 4.41. The second-order valence-electron chi connectivity index (χ2n) is 3.76. The highest BCUT2D eigenvalue weighted by molar-refractivity contribution is 5.89. The van der Waals surface area contributed by atoms with Crippen LogP contribution in [0.2, 0.25) is 0 Å². The van der Waals surface area contributed by atoms with Gasteiger partial charge in [0.15, 0.2) is 5.82 Å². The normalized spacial score (nSPS) is 13.3. The molecule has 0 aromatic carbocycles. The number of imidazole rings is 1. The van der Waals surface area contributed by atoms with Crippen molar-refractivity contribution >= 4 is 17.2 Å². The summed E-state index contributed by atoms with van der Waals surface area (Å²) in [5.41, 5.74) is 0.164. The molecule has 0 saturated heterocycles. The molecule has 0 aliphatic heterocycles. The predicted octanol–water partition coefficient (Wildman–Crippen LogP) is 2.48. The van der Waals surface area contributed by atoms with Crippen LogP contribution in [0.4, 0.5) is 19.0 Å². The number of fused-ring (bicyclic) bond motifs is 1. The SMILES string of the molecule is CC(=Nc1cn2cc(CO)ccc2n1)C(F)(F)F. The van der Waals surface area contributed by atoms with Crippen molar-refractivity contribution in [2.45, 2.75) is 19.7 Å². The van der Waals surface area contributed by atoms with E-state index in [9.17, 15) is 13.2 Å². The Morgan fingerprint density at radius 3 is 2.72 bits per heavy atom. The van der Waals surface area contributed by atoms with Gasteiger partial charge in [0.1, 0.15) is 11.4 Å². The molecule has 4 nitrogen and oxygen atoms in total. The van der Waals surface area contributed by atoms with Gasteiger partial charge < -0.3 is 9.51 Å². The smallest absolute Gasteiger partial charge is 0.392 e. The first-order valence-corrected chi connectivity index (χ1v) is 5.11. The zero-order valence-electron chi connectivity index (χ0n) is 9.44. The molecule has 2 aromatic heterocycles. The Hall–Kier alpha value is -1.89. The maximum atomic E-state index is 12.3. The Labute approximate surface area is 100 Å². The van der Waals surface area contributed by atoms with Crippen LogP contribution in [-0.4, -0.2) is 26.4 Å². The van der Waals surface area contributed by atoms with Crippen molar-refractivity contribution in [2.24, 2.45) is 4.99 Å². The summed E-state index contributed by atoms with van der Waals surface area (Å²) in [7, 11) is 0. The first kappa shape index (κ1) is 12.6. The zero-order chi connectivity index (χ0) is 13.3. The number of aliphatic imine (C=N–C) groups is 1. The van der Waals surface area contributed by atoms with Crippen molar-refractivity contribution in [3.05, 3.63) is 30.1 Å². The van der Waals surface area contributed by atoms with Gasteiger partial charge in [0.2, 0.25) is 0 Å². The van der Waals surface area contributed by atoms with Crippen LogP contribution in [0.15, 0.2) is 29.5 Å². The van der Waals surface area contributed by atoms with E-state index in [1.54, 1.807) is 18.3 Å². The number of rotatable bonds is 2. The molecule has 18 heavy (non-hydrogen) atoms. The van der Waals surface area contributed by atoms with Gasteiger partial charge in [-0.15, -0.1) is 0 Å². The van der Waals surface area contributed by atoms with Crippen LogP contribution in [0.25, 0.3) is 5.65 Å². The molecule has 0 unspecified atom stereocenters. The maximum Gasteiger partial charge on any atom is 0.429 e. The number of halogens is 3. The first-order valence-electron chi connectivity index (χ1n) is 5.11. The molecule has 0 fully saturated rings. The maximum absolute atomic E-state index is 12.3. The Balaban J connectivity index is 2.42. The van der Waals surface area contributed by atoms with Gasteiger partial charge in [0.05, 0.1) is 12.8 Å². The quantitative estimate of drug-likeness (QED) is 0.840. The predicted molar refractivity (Wildman–Crippen MR) is 59.9 cm³/mol. The van der Waals surface area contributed by atoms with Crippen LogP contribution in [0.5, 0.6) is 0 Å². The van der Waals surface area contributed by atoms with Crippen molar-refractivity contribution in [3.63, 3.8) is 0 Å². The van der Waals surface area contributed by atoms with Gasteiger partial charge >= 0.3 is 6.18 Å². The van der Waals surface area contributed by atoms with Crippen LogP contribution >= 0.6 is 0 Å². The molecule has 0 aliphatic carbocycles. The molecule has 1 N–H and O–H groups in total. The summed E-state index contributed by atoms with van der Waals surface area (Å²) in [5, 5.41) is 8.95. The lowest BCUT2D eigenvalue weighted by atomic mass is 10.3. The van der Waals surface area contributed by atoms with E-state index in [2.05, 4.69) is 9.98 Å². The molecule has 2 heterocycles. The molecule has 0 saturated carbocycles. The molecule has 96 valence electrons. The molecule has 2 rings (SSSR count). The second-order valence-corrected chi connectivity index (χ2v) is 3.76. The minimum Gasteiger partial charge on any atom is -0.392 e. The summed E-state index contributed by atoms with van der Waals surface area (Å²) in [6, 6.07) is 3.25. The number of nitrogens with zero attached hydrogens (tertiary/aromatic N) is 3. The molecule has 0 amide bonds. The van der Waals surface area contributed by atoms with E-state index < -0.39 is 11.9 Å². The van der Waals surface area contributed by atoms with Crippen molar-refractivity contribution < 1.29 is 18.3 Å². The molecule has 7 heteroatoms.